The van der Waals surface area contributed by atoms with Crippen molar-refractivity contribution in [2.75, 3.05) is 30.8 Å². The minimum Gasteiger partial charge on any atom is -0.460 e. The van der Waals surface area contributed by atoms with Gasteiger partial charge in [0.05, 0.1) is 35.7 Å². The fourth-order valence-electron chi connectivity index (χ4n) is 2.71. The molecule has 0 aliphatic rings. The zero-order valence-electron chi connectivity index (χ0n) is 18.8. The van der Waals surface area contributed by atoms with Crippen LogP contribution >= 0.6 is 0 Å². The summed E-state index contributed by atoms with van der Waals surface area (Å²) in [5.41, 5.74) is 5.28. The van der Waals surface area contributed by atoms with Gasteiger partial charge in [0.15, 0.2) is 0 Å². The van der Waals surface area contributed by atoms with E-state index in [9.17, 15) is 27.5 Å². The van der Waals surface area contributed by atoms with Crippen molar-refractivity contribution < 1.29 is 32.2 Å². The number of hydrogen-bond acceptors (Lipinski definition) is 7. The Kier molecular flexibility index (Phi) is 8.17. The number of hydrogen-bond donors (Lipinski definition) is 3. The van der Waals surface area contributed by atoms with Gasteiger partial charge in [-0.3, -0.25) is 9.10 Å². The van der Waals surface area contributed by atoms with Crippen LogP contribution in [0.2, 0.25) is 0 Å². The van der Waals surface area contributed by atoms with Crippen LogP contribution in [0.4, 0.5) is 10.1 Å². The van der Waals surface area contributed by atoms with E-state index in [4.69, 9.17) is 10.5 Å². The van der Waals surface area contributed by atoms with E-state index in [0.29, 0.717) is 5.56 Å². The molecule has 0 heterocycles. The molecule has 0 bridgehead atoms. The second-order valence-corrected chi connectivity index (χ2v) is 10.1. The predicted molar refractivity (Wildman–Crippen MR) is 122 cm³/mol. The third kappa shape index (κ3) is 7.24. The van der Waals surface area contributed by atoms with Crippen LogP contribution in [0.1, 0.15) is 46.2 Å². The number of amides is 1. The first kappa shape index (κ1) is 26.2. The van der Waals surface area contributed by atoms with Crippen molar-refractivity contribution in [2.24, 2.45) is 5.73 Å². The lowest BCUT2D eigenvalue weighted by atomic mass is 10.1. The molecule has 4 N–H and O–H groups in total. The van der Waals surface area contributed by atoms with Gasteiger partial charge in [-0.05, 0) is 49.7 Å². The quantitative estimate of drug-likeness (QED) is 0.462. The number of carbonyl (C=O) groups excluding carboxylic acids is 2. The number of ether oxygens (including phenoxy) is 1. The molecule has 1 amide bonds. The lowest BCUT2D eigenvalue weighted by molar-refractivity contribution is 0.0357. The first-order valence-electron chi connectivity index (χ1n) is 9.96. The Bertz CT molecular complexity index is 1120. The number of esters is 1. The number of carbonyl (C=O) groups is 2. The Morgan fingerprint density at radius 2 is 1.79 bits per heavy atom. The zero-order chi connectivity index (χ0) is 25.0. The minimum absolute atomic E-state index is 0.0154. The molecule has 0 aliphatic carbocycles. The Hall–Kier alpha value is -3.02. The molecule has 2 aromatic rings. The van der Waals surface area contributed by atoms with E-state index in [-0.39, 0.29) is 23.4 Å². The van der Waals surface area contributed by atoms with Gasteiger partial charge in [-0.25, -0.2) is 17.6 Å². The van der Waals surface area contributed by atoms with Gasteiger partial charge in [-0.15, -0.1) is 0 Å². The highest BCUT2D eigenvalue weighted by Crippen LogP contribution is 2.22. The number of halogens is 1. The van der Waals surface area contributed by atoms with Crippen LogP contribution in [-0.2, 0) is 14.8 Å². The molecule has 0 spiro atoms. The highest BCUT2D eigenvalue weighted by atomic mass is 32.2. The van der Waals surface area contributed by atoms with Crippen molar-refractivity contribution in [1.29, 1.82) is 0 Å². The minimum atomic E-state index is -3.69. The van der Waals surface area contributed by atoms with Crippen LogP contribution in [0.5, 0.6) is 0 Å². The second kappa shape index (κ2) is 10.3. The smallest absolute Gasteiger partial charge is 0.338 e. The number of rotatable bonds is 9. The molecule has 0 aromatic heterocycles. The van der Waals surface area contributed by atoms with E-state index in [0.717, 1.165) is 10.6 Å². The summed E-state index contributed by atoms with van der Waals surface area (Å²) < 4.78 is 43.3. The lowest BCUT2D eigenvalue weighted by Gasteiger charge is -2.22. The molecule has 2 rings (SSSR count). The number of aliphatic hydroxyl groups excluding tert-OH is 1. The fraction of sp³-hybridized carbons (Fsp3) is 0.364. The molecule has 1 unspecified atom stereocenters. The Morgan fingerprint density at radius 3 is 2.33 bits per heavy atom. The first-order chi connectivity index (χ1) is 15.2. The Morgan fingerprint density at radius 1 is 1.21 bits per heavy atom. The molecular formula is C22H28FN3O6S. The number of anilines is 1. The van der Waals surface area contributed by atoms with Crippen LogP contribution in [0.15, 0.2) is 42.5 Å². The fourth-order valence-corrected chi connectivity index (χ4v) is 3.20. The molecule has 2 aromatic carbocycles. The van der Waals surface area contributed by atoms with Gasteiger partial charge in [0.25, 0.3) is 5.91 Å². The third-order valence-electron chi connectivity index (χ3n) is 4.89. The van der Waals surface area contributed by atoms with Gasteiger partial charge in [0.2, 0.25) is 10.0 Å². The van der Waals surface area contributed by atoms with Crippen molar-refractivity contribution in [3.8, 4) is 0 Å². The third-order valence-corrected chi connectivity index (χ3v) is 6.09. The average molecular weight is 482 g/mol. The standard InChI is InChI=1S/C22H28FN3O6S/c1-14(15-5-7-18(23)8-6-15)25-20(28)16-9-17(21(29)32-13-22(2,24)12-27)11-19(10-16)26(3)33(4,30)31/h5-11,14,27H,12-13,24H2,1-4H3,(H,25,28)/t14-,22?/m1/s1. The highest BCUT2D eigenvalue weighted by Gasteiger charge is 2.23. The molecule has 9 nitrogen and oxygen atoms in total. The molecule has 0 saturated heterocycles. The molecule has 0 fully saturated rings. The van der Waals surface area contributed by atoms with Crippen molar-refractivity contribution >= 4 is 27.6 Å². The summed E-state index contributed by atoms with van der Waals surface area (Å²) in [6.07, 6.45) is 0.982. The number of nitrogens with one attached hydrogen (secondary N) is 1. The molecule has 0 aliphatic heterocycles. The normalized spacial score (nSPS) is 14.2. The number of aliphatic hydroxyl groups is 1. The lowest BCUT2D eigenvalue weighted by Crippen LogP contribution is -2.45. The van der Waals surface area contributed by atoms with E-state index in [1.807, 2.05) is 0 Å². The average Bonchev–Trinajstić information content (AvgIpc) is 2.76. The summed E-state index contributed by atoms with van der Waals surface area (Å²) in [6, 6.07) is 8.97. The van der Waals surface area contributed by atoms with Gasteiger partial charge < -0.3 is 20.9 Å². The van der Waals surface area contributed by atoms with Crippen molar-refractivity contribution in [3.05, 3.63) is 65.0 Å². The first-order valence-corrected chi connectivity index (χ1v) is 11.8. The van der Waals surface area contributed by atoms with Crippen LogP contribution in [0.3, 0.4) is 0 Å². The molecule has 11 heteroatoms. The summed E-state index contributed by atoms with van der Waals surface area (Å²) in [7, 11) is -2.41. The zero-order valence-corrected chi connectivity index (χ0v) is 19.6. The maximum absolute atomic E-state index is 13.2. The van der Waals surface area contributed by atoms with E-state index >= 15 is 0 Å². The van der Waals surface area contributed by atoms with Crippen molar-refractivity contribution in [2.45, 2.75) is 25.4 Å². The SMILES string of the molecule is C[C@@H](NC(=O)c1cc(C(=O)OCC(C)(N)CO)cc(N(C)S(C)(=O)=O)c1)c1ccc(F)cc1. The Balaban J connectivity index is 2.37. The van der Waals surface area contributed by atoms with E-state index in [1.165, 1.54) is 56.4 Å². The largest absolute Gasteiger partial charge is 0.460 e. The van der Waals surface area contributed by atoms with Crippen LogP contribution in [0.25, 0.3) is 0 Å². The number of sulfonamides is 1. The Labute approximate surface area is 192 Å². The number of benzene rings is 2. The van der Waals surface area contributed by atoms with Crippen LogP contribution in [-0.4, -0.2) is 57.5 Å². The molecule has 33 heavy (non-hydrogen) atoms. The molecule has 0 saturated carbocycles. The van der Waals surface area contributed by atoms with Gasteiger partial charge in [-0.2, -0.15) is 0 Å². The van der Waals surface area contributed by atoms with Crippen LogP contribution in [0, 0.1) is 5.82 Å². The van der Waals surface area contributed by atoms with E-state index in [1.54, 1.807) is 6.92 Å². The highest BCUT2D eigenvalue weighted by molar-refractivity contribution is 7.92. The van der Waals surface area contributed by atoms with Gasteiger partial charge in [-0.1, -0.05) is 12.1 Å². The van der Waals surface area contributed by atoms with Crippen LogP contribution < -0.4 is 15.4 Å². The van der Waals surface area contributed by atoms with E-state index in [2.05, 4.69) is 5.32 Å². The van der Waals surface area contributed by atoms with Gasteiger partial charge in [0.1, 0.15) is 12.4 Å². The summed E-state index contributed by atoms with van der Waals surface area (Å²) in [5, 5.41) is 12.0. The maximum Gasteiger partial charge on any atom is 0.338 e. The molecule has 2 atom stereocenters. The maximum atomic E-state index is 13.2. The van der Waals surface area contributed by atoms with Gasteiger partial charge >= 0.3 is 5.97 Å². The summed E-state index contributed by atoms with van der Waals surface area (Å²) in [4.78, 5) is 25.5. The molecule has 180 valence electrons. The second-order valence-electron chi connectivity index (χ2n) is 8.13. The molecular weight excluding hydrogens is 453 g/mol. The summed E-state index contributed by atoms with van der Waals surface area (Å²) >= 11 is 0. The van der Waals surface area contributed by atoms with Gasteiger partial charge in [0, 0.05) is 12.6 Å². The summed E-state index contributed by atoms with van der Waals surface area (Å²) in [6.45, 7) is 2.47. The predicted octanol–water partition coefficient (Wildman–Crippen LogP) is 1.58. The van der Waals surface area contributed by atoms with E-state index < -0.39 is 45.9 Å². The number of nitrogens with zero attached hydrogens (tertiary/aromatic N) is 1. The van der Waals surface area contributed by atoms with Crippen molar-refractivity contribution in [1.82, 2.24) is 5.32 Å². The molecule has 0 radical (unpaired) electrons. The number of nitrogens with two attached hydrogens (primary N) is 1. The topological polar surface area (TPSA) is 139 Å². The van der Waals surface area contributed by atoms with Crippen molar-refractivity contribution in [3.63, 3.8) is 0 Å². The monoisotopic (exact) mass is 481 g/mol. The summed E-state index contributed by atoms with van der Waals surface area (Å²) in [5.74, 6) is -1.83.